The third-order valence-electron chi connectivity index (χ3n) is 7.80. The Morgan fingerprint density at radius 3 is 0.569 bits per heavy atom. The van der Waals surface area contributed by atoms with Gasteiger partial charge in [-0.25, -0.2) is 40.5 Å². The van der Waals surface area contributed by atoms with Crippen LogP contribution >= 0.6 is 0 Å². The van der Waals surface area contributed by atoms with Crippen LogP contribution in [0.4, 0.5) is 0 Å². The van der Waals surface area contributed by atoms with Gasteiger partial charge < -0.3 is 40.5 Å². The summed E-state index contributed by atoms with van der Waals surface area (Å²) in [5.41, 5.74) is -8.56. The van der Waals surface area contributed by atoms with E-state index in [0.29, 0.717) is 0 Å². The van der Waals surface area contributed by atoms with Gasteiger partial charge in [0.25, 0.3) is 20.1 Å². The second-order valence-corrected chi connectivity index (χ2v) is 10.3. The van der Waals surface area contributed by atoms with Gasteiger partial charge in [-0.1, -0.05) is 0 Å². The average molecular weight is 850 g/mol. The van der Waals surface area contributed by atoms with Gasteiger partial charge in [0, 0.05) is 0 Å². The largest absolute Gasteiger partial charge is 1.00 e. The molecule has 4 rings (SSSR count). The maximum Gasteiger partial charge on any atom is 1.00 e. The van der Waals surface area contributed by atoms with Crippen LogP contribution in [0.2, 0.25) is 0 Å². The summed E-state index contributed by atoms with van der Waals surface area (Å²) in [5, 5.41) is 134. The molecular weight excluding hydrogens is 842 g/mol. The number of nitrogens with zero attached hydrogens (tertiary/aromatic N) is 20. The normalized spacial score (nSPS) is 18.2. The van der Waals surface area contributed by atoms with Crippen molar-refractivity contribution < 1.29 is 89.1 Å². The first-order valence-electron chi connectivity index (χ1n) is 13.4. The predicted molar refractivity (Wildman–Crippen MR) is 152 cm³/mol. The summed E-state index contributed by atoms with van der Waals surface area (Å²) in [4.78, 5) is 129. The third-order valence-corrected chi connectivity index (χ3v) is 7.80. The van der Waals surface area contributed by atoms with Crippen molar-refractivity contribution in [2.75, 3.05) is 26.2 Å². The van der Waals surface area contributed by atoms with Crippen molar-refractivity contribution >= 4 is 6.69 Å². The Labute approximate surface area is 329 Å². The molecule has 44 nitrogen and oxygen atoms in total. The minimum Gasteiger partial charge on any atom is -0.358 e. The molecule has 58 heavy (non-hydrogen) atoms. The molecule has 0 atom stereocenters. The van der Waals surface area contributed by atoms with Gasteiger partial charge in [0.1, 0.15) is 46.7 Å². The van der Waals surface area contributed by atoms with E-state index in [1.54, 1.807) is 0 Å². The van der Waals surface area contributed by atoms with Crippen LogP contribution in [-0.4, -0.2) is 133 Å². The van der Waals surface area contributed by atoms with Gasteiger partial charge in [-0.15, -0.1) is 0 Å². The van der Waals surface area contributed by atoms with Gasteiger partial charge in [0.05, 0.1) is 19.7 Å². The van der Waals surface area contributed by atoms with E-state index in [1.165, 1.54) is 0 Å². The average Bonchev–Trinajstić information content (AvgIpc) is 3.86. The maximum atomic E-state index is 12.6. The molecule has 0 N–H and O–H groups in total. The first-order valence-corrected chi connectivity index (χ1v) is 13.4. The van der Waals surface area contributed by atoms with Crippen LogP contribution < -0.4 is 29.6 Å². The topological polar surface area (TPSA) is 544 Å². The van der Waals surface area contributed by atoms with E-state index in [-0.39, 0.29) is 29.6 Å². The molecular formula is C12H8BN20NaO24. The van der Waals surface area contributed by atoms with E-state index in [1.807, 2.05) is 0 Å². The summed E-state index contributed by atoms with van der Waals surface area (Å²) in [6.45, 7) is -15.6. The molecule has 0 fully saturated rings. The fraction of sp³-hybridized carbons (Fsp3) is 0.333. The van der Waals surface area contributed by atoms with E-state index >= 15 is 0 Å². The molecule has 0 amide bonds. The Bertz CT molecular complexity index is 1890. The standard InChI is InChI=1S/C12H8BN20O24.Na/c34-22(35)5-1-14(18(30(50)51)9(5)26(42)43)13(15-2-6(23(36)37)10(27(44)45)19(15)31(52)53,16-3-7(24(38)39)11(28(46)47)20(16)32(54)55)17-4-8(25(40)41)12(29(48)49)21(17)33(56)57;/h1-4H2;/q-1;+1. The van der Waals surface area contributed by atoms with E-state index in [4.69, 9.17) is 0 Å². The van der Waals surface area contributed by atoms with Gasteiger partial charge in [-0.2, -0.15) is 19.7 Å². The van der Waals surface area contributed by atoms with Crippen LogP contribution in [0, 0.1) is 121 Å². The van der Waals surface area contributed by atoms with Gasteiger partial charge >= 0.3 is 82.3 Å². The van der Waals surface area contributed by atoms with Crippen molar-refractivity contribution in [1.29, 1.82) is 0 Å². The molecule has 0 saturated carbocycles. The molecule has 0 aromatic heterocycles. The summed E-state index contributed by atoms with van der Waals surface area (Å²) >= 11 is 0. The van der Waals surface area contributed by atoms with Crippen molar-refractivity contribution in [3.8, 4) is 0 Å². The molecule has 4 aliphatic rings. The van der Waals surface area contributed by atoms with E-state index in [2.05, 4.69) is 0 Å². The zero-order valence-corrected chi connectivity index (χ0v) is 29.1. The van der Waals surface area contributed by atoms with Crippen LogP contribution in [-0.2, 0) is 0 Å². The minimum absolute atomic E-state index is 0. The van der Waals surface area contributed by atoms with Crippen molar-refractivity contribution in [3.63, 3.8) is 0 Å². The van der Waals surface area contributed by atoms with Crippen LogP contribution in [0.5, 0.6) is 0 Å². The zero-order valence-electron chi connectivity index (χ0n) is 27.1. The summed E-state index contributed by atoms with van der Waals surface area (Å²) in [7, 11) is 0. The Hall–Kier alpha value is -8.14. The second kappa shape index (κ2) is 15.2. The van der Waals surface area contributed by atoms with Gasteiger partial charge in [-0.3, -0.25) is 40.5 Å². The molecule has 0 bridgehead atoms. The smallest absolute Gasteiger partial charge is 0.358 e. The second-order valence-electron chi connectivity index (χ2n) is 10.3. The van der Waals surface area contributed by atoms with Gasteiger partial charge in [0.15, 0.2) is 0 Å². The molecule has 0 aromatic carbocycles. The molecule has 0 aromatic rings. The SMILES string of the molecule is O=[N+]([O-])C1=C([N+](=O)[O-])N([N+](=O)[O-])N([B-](N2CC([N+](=O)[O-])=C([N+](=O)[O-])N2[N+](=O)[O-])(N2CC([N+](=O)[O-])=C([N+](=O)[O-])N2[N+](=O)[O-])N2CC([N+](=O)[O-])=C([N+](=O)[O-])N2[N+](=O)[O-])C1.[Na+]. The minimum atomic E-state index is -6.16. The van der Waals surface area contributed by atoms with E-state index in [0.717, 1.165) is 0 Å². The first kappa shape index (κ1) is 44.3. The maximum absolute atomic E-state index is 12.6. The Morgan fingerprint density at radius 1 is 0.310 bits per heavy atom. The number of rotatable bonds is 16. The Morgan fingerprint density at radius 2 is 0.466 bits per heavy atom. The molecule has 0 saturated heterocycles. The fourth-order valence-corrected chi connectivity index (χ4v) is 6.07. The van der Waals surface area contributed by atoms with Crippen molar-refractivity contribution in [2.45, 2.75) is 0 Å². The zero-order chi connectivity index (χ0) is 43.5. The summed E-state index contributed by atoms with van der Waals surface area (Å²) < 4.78 is 0. The number of hydrogen-bond acceptors (Lipinski definition) is 28. The molecule has 0 radical (unpaired) electrons. The van der Waals surface area contributed by atoms with Crippen molar-refractivity contribution in [1.82, 2.24) is 40.2 Å². The molecule has 46 heteroatoms. The third kappa shape index (κ3) is 6.43. The van der Waals surface area contributed by atoms with Crippen LogP contribution in [0.15, 0.2) is 46.1 Å². The summed E-state index contributed by atoms with van der Waals surface area (Å²) in [5.74, 6) is -9.86. The quantitative estimate of drug-likeness (QED) is 0.0790. The molecule has 0 aliphatic carbocycles. The van der Waals surface area contributed by atoms with Crippen molar-refractivity contribution in [2.24, 2.45) is 0 Å². The Balaban J connectivity index is 0.00000900. The van der Waals surface area contributed by atoms with Crippen molar-refractivity contribution in [3.05, 3.63) is 167 Å². The summed E-state index contributed by atoms with van der Waals surface area (Å²) in [6, 6.07) is 0. The fourth-order valence-electron chi connectivity index (χ4n) is 6.07. The van der Waals surface area contributed by atoms with Gasteiger partial charge in [-0.05, 0) is 19.7 Å². The van der Waals surface area contributed by atoms with E-state index < -0.39 is 179 Å². The van der Waals surface area contributed by atoms with E-state index in [9.17, 15) is 121 Å². The summed E-state index contributed by atoms with van der Waals surface area (Å²) in [6.07, 6.45) is 0. The molecule has 4 heterocycles. The number of hydrogen-bond donors (Lipinski definition) is 0. The van der Waals surface area contributed by atoms with Crippen LogP contribution in [0.25, 0.3) is 0 Å². The van der Waals surface area contributed by atoms with Crippen LogP contribution in [0.3, 0.4) is 0 Å². The number of nitro groups is 12. The molecule has 0 spiro atoms. The number of hydrazine groups is 8. The van der Waals surface area contributed by atoms with Gasteiger partial charge in [0.2, 0.25) is 0 Å². The molecule has 4 aliphatic heterocycles. The first-order chi connectivity index (χ1) is 26.3. The molecule has 304 valence electrons. The monoisotopic (exact) mass is 850 g/mol. The Kier molecular flexibility index (Phi) is 11.6. The predicted octanol–water partition coefficient (Wildman–Crippen LogP) is -7.79. The molecule has 0 unspecified atom stereocenters. The van der Waals surface area contributed by atoms with Crippen LogP contribution in [0.1, 0.15) is 0 Å².